The lowest BCUT2D eigenvalue weighted by Gasteiger charge is -2.21. The molecule has 0 spiro atoms. The highest BCUT2D eigenvalue weighted by Gasteiger charge is 2.35. The van der Waals surface area contributed by atoms with Gasteiger partial charge in [-0.3, -0.25) is 9.52 Å². The molecule has 0 bridgehead atoms. The van der Waals surface area contributed by atoms with Crippen molar-refractivity contribution in [1.29, 1.82) is 0 Å². The zero-order chi connectivity index (χ0) is 22.0. The van der Waals surface area contributed by atoms with Crippen molar-refractivity contribution in [2.75, 3.05) is 10.5 Å². The molecule has 1 aliphatic heterocycles. The van der Waals surface area contributed by atoms with Gasteiger partial charge in [0.15, 0.2) is 5.76 Å². The molecule has 8 nitrogen and oxygen atoms in total. The number of phenolic OH excluding ortho intramolecular Hbond substituents is 1. The van der Waals surface area contributed by atoms with E-state index in [2.05, 4.69) is 9.82 Å². The Labute approximate surface area is 179 Å². The number of carbonyl (C=O) groups is 1. The Hall–Kier alpha value is -3.59. The number of nitrogens with zero attached hydrogens (tertiary/aromatic N) is 2. The Bertz CT molecular complexity index is 1240. The second-order valence-corrected chi connectivity index (χ2v) is 9.09. The number of amides is 1. The van der Waals surface area contributed by atoms with E-state index in [4.69, 9.17) is 4.42 Å². The SMILES string of the molecule is CCS(=O)(=O)Nc1cccc(C2=NN(C(=O)c3ccco3)[C@@H](c3cccc(O)c3)C2)c1. The largest absolute Gasteiger partial charge is 0.508 e. The van der Waals surface area contributed by atoms with Gasteiger partial charge in [0.2, 0.25) is 10.0 Å². The van der Waals surface area contributed by atoms with Gasteiger partial charge in [0, 0.05) is 12.1 Å². The molecule has 0 saturated carbocycles. The summed E-state index contributed by atoms with van der Waals surface area (Å²) in [5, 5.41) is 15.8. The van der Waals surface area contributed by atoms with Crippen LogP contribution in [0.25, 0.3) is 0 Å². The maximum absolute atomic E-state index is 13.0. The van der Waals surface area contributed by atoms with Crippen molar-refractivity contribution in [1.82, 2.24) is 5.01 Å². The van der Waals surface area contributed by atoms with Crippen LogP contribution in [0.5, 0.6) is 5.75 Å². The first kappa shape index (κ1) is 20.7. The molecule has 0 radical (unpaired) electrons. The fraction of sp³-hybridized carbons (Fsp3) is 0.182. The molecule has 1 atom stereocenters. The summed E-state index contributed by atoms with van der Waals surface area (Å²) >= 11 is 0. The van der Waals surface area contributed by atoms with Gasteiger partial charge in [0.25, 0.3) is 0 Å². The Morgan fingerprint density at radius 3 is 2.71 bits per heavy atom. The first-order valence-electron chi connectivity index (χ1n) is 9.70. The first-order valence-corrected chi connectivity index (χ1v) is 11.4. The fourth-order valence-corrected chi connectivity index (χ4v) is 4.02. The zero-order valence-electron chi connectivity index (χ0n) is 16.7. The Morgan fingerprint density at radius 1 is 1.19 bits per heavy atom. The highest BCUT2D eigenvalue weighted by atomic mass is 32.2. The molecule has 1 amide bonds. The normalized spacial score (nSPS) is 16.2. The van der Waals surface area contributed by atoms with E-state index in [0.29, 0.717) is 23.4 Å². The molecule has 3 aromatic rings. The van der Waals surface area contributed by atoms with Crippen molar-refractivity contribution >= 4 is 27.3 Å². The van der Waals surface area contributed by atoms with Crippen molar-refractivity contribution in [3.63, 3.8) is 0 Å². The molecule has 1 aliphatic rings. The maximum atomic E-state index is 13.0. The standard InChI is InChI=1S/C22H21N3O5S/c1-2-31(28,29)24-17-8-3-6-15(12-17)19-14-20(16-7-4-9-18(26)13-16)25(23-19)22(27)21-10-5-11-30-21/h3-13,20,24,26H,2,14H2,1H3/t20-/m1/s1. The third-order valence-electron chi connectivity index (χ3n) is 4.95. The summed E-state index contributed by atoms with van der Waals surface area (Å²) < 4.78 is 31.6. The van der Waals surface area contributed by atoms with Crippen molar-refractivity contribution in [3.8, 4) is 5.75 Å². The van der Waals surface area contributed by atoms with E-state index in [9.17, 15) is 18.3 Å². The highest BCUT2D eigenvalue weighted by molar-refractivity contribution is 7.92. The van der Waals surface area contributed by atoms with Gasteiger partial charge in [-0.25, -0.2) is 13.4 Å². The van der Waals surface area contributed by atoms with Crippen LogP contribution >= 0.6 is 0 Å². The summed E-state index contributed by atoms with van der Waals surface area (Å²) in [5.74, 6) is -0.202. The molecule has 0 fully saturated rings. The van der Waals surface area contributed by atoms with Crippen LogP contribution in [0.1, 0.15) is 41.1 Å². The molecule has 9 heteroatoms. The molecule has 1 aromatic heterocycles. The van der Waals surface area contributed by atoms with E-state index in [1.54, 1.807) is 55.5 Å². The zero-order valence-corrected chi connectivity index (χ0v) is 17.5. The number of phenols is 1. The number of sulfonamides is 1. The van der Waals surface area contributed by atoms with Crippen LogP contribution in [0.3, 0.4) is 0 Å². The molecule has 0 aliphatic carbocycles. The Balaban J connectivity index is 1.70. The molecule has 4 rings (SSSR count). The minimum absolute atomic E-state index is 0.0385. The van der Waals surface area contributed by atoms with E-state index < -0.39 is 22.0 Å². The van der Waals surface area contributed by atoms with Crippen LogP contribution in [-0.2, 0) is 10.0 Å². The lowest BCUT2D eigenvalue weighted by atomic mass is 9.98. The number of furan rings is 1. The van der Waals surface area contributed by atoms with E-state index in [-0.39, 0.29) is 17.3 Å². The first-order chi connectivity index (χ1) is 14.9. The maximum Gasteiger partial charge on any atom is 0.310 e. The summed E-state index contributed by atoms with van der Waals surface area (Å²) in [7, 11) is -3.42. The van der Waals surface area contributed by atoms with Gasteiger partial charge in [-0.1, -0.05) is 24.3 Å². The summed E-state index contributed by atoms with van der Waals surface area (Å²) in [4.78, 5) is 13.0. The molecule has 2 aromatic carbocycles. The lowest BCUT2D eigenvalue weighted by Crippen LogP contribution is -2.26. The minimum atomic E-state index is -3.42. The van der Waals surface area contributed by atoms with E-state index >= 15 is 0 Å². The van der Waals surface area contributed by atoms with Crippen LogP contribution in [0.2, 0.25) is 0 Å². The van der Waals surface area contributed by atoms with Crippen LogP contribution in [0, 0.1) is 0 Å². The lowest BCUT2D eigenvalue weighted by molar-refractivity contribution is 0.0678. The second-order valence-electron chi connectivity index (χ2n) is 7.07. The monoisotopic (exact) mass is 439 g/mol. The minimum Gasteiger partial charge on any atom is -0.508 e. The molecular weight excluding hydrogens is 418 g/mol. The number of aromatic hydroxyl groups is 1. The summed E-state index contributed by atoms with van der Waals surface area (Å²) in [6.45, 7) is 1.56. The van der Waals surface area contributed by atoms with Gasteiger partial charge < -0.3 is 9.52 Å². The number of rotatable bonds is 6. The number of hydrogen-bond acceptors (Lipinski definition) is 6. The summed E-state index contributed by atoms with van der Waals surface area (Å²) in [6.07, 6.45) is 1.81. The molecule has 2 heterocycles. The van der Waals surface area contributed by atoms with Gasteiger partial charge in [-0.2, -0.15) is 5.10 Å². The van der Waals surface area contributed by atoms with Gasteiger partial charge in [0.1, 0.15) is 5.75 Å². The summed E-state index contributed by atoms with van der Waals surface area (Å²) in [6, 6.07) is 16.3. The van der Waals surface area contributed by atoms with Gasteiger partial charge in [0.05, 0.1) is 23.8 Å². The van der Waals surface area contributed by atoms with Crippen molar-refractivity contribution < 1.29 is 22.7 Å². The quantitative estimate of drug-likeness (QED) is 0.608. The van der Waals surface area contributed by atoms with Crippen molar-refractivity contribution in [2.24, 2.45) is 5.10 Å². The second kappa shape index (κ2) is 8.27. The number of nitrogens with one attached hydrogen (secondary N) is 1. The molecule has 160 valence electrons. The number of anilines is 1. The van der Waals surface area contributed by atoms with Crippen LogP contribution < -0.4 is 4.72 Å². The van der Waals surface area contributed by atoms with E-state index in [1.165, 1.54) is 11.3 Å². The van der Waals surface area contributed by atoms with Crippen LogP contribution in [0.15, 0.2) is 76.4 Å². The number of carbonyl (C=O) groups excluding carboxylic acids is 1. The van der Waals surface area contributed by atoms with Crippen molar-refractivity contribution in [2.45, 2.75) is 19.4 Å². The van der Waals surface area contributed by atoms with Gasteiger partial charge in [-0.15, -0.1) is 0 Å². The van der Waals surface area contributed by atoms with E-state index in [0.717, 1.165) is 5.56 Å². The molecule has 2 N–H and O–H groups in total. The third-order valence-corrected chi connectivity index (χ3v) is 6.26. The highest BCUT2D eigenvalue weighted by Crippen LogP contribution is 2.35. The predicted octanol–water partition coefficient (Wildman–Crippen LogP) is 3.74. The smallest absolute Gasteiger partial charge is 0.310 e. The van der Waals surface area contributed by atoms with Crippen LogP contribution in [0.4, 0.5) is 5.69 Å². The Morgan fingerprint density at radius 2 is 2.00 bits per heavy atom. The topological polar surface area (TPSA) is 112 Å². The van der Waals surface area contributed by atoms with Crippen molar-refractivity contribution in [3.05, 3.63) is 83.8 Å². The molecule has 0 saturated heterocycles. The predicted molar refractivity (Wildman–Crippen MR) is 116 cm³/mol. The Kier molecular flexibility index (Phi) is 5.51. The van der Waals surface area contributed by atoms with Gasteiger partial charge in [-0.05, 0) is 54.4 Å². The molecular formula is C22H21N3O5S. The van der Waals surface area contributed by atoms with Gasteiger partial charge >= 0.3 is 5.91 Å². The molecule has 0 unspecified atom stereocenters. The summed E-state index contributed by atoms with van der Waals surface area (Å²) in [5.41, 5.74) is 2.45. The van der Waals surface area contributed by atoms with E-state index in [1.807, 2.05) is 12.1 Å². The van der Waals surface area contributed by atoms with Crippen LogP contribution in [-0.4, -0.2) is 35.9 Å². The average molecular weight is 439 g/mol. The average Bonchev–Trinajstić information content (AvgIpc) is 3.44. The third kappa shape index (κ3) is 4.46. The number of benzene rings is 2. The molecule has 31 heavy (non-hydrogen) atoms. The number of hydrogen-bond donors (Lipinski definition) is 2. The fourth-order valence-electron chi connectivity index (χ4n) is 3.39. The number of hydrazone groups is 1.